The minimum Gasteiger partial charge on any atom is -0.367 e. The van der Waals surface area contributed by atoms with Gasteiger partial charge in [0.1, 0.15) is 0 Å². The fraction of sp³-hybridized carbons (Fsp3) is 0.267. The summed E-state index contributed by atoms with van der Waals surface area (Å²) in [5.74, 6) is -0.0899. The first kappa shape index (κ1) is 12.4. The summed E-state index contributed by atoms with van der Waals surface area (Å²) < 4.78 is 0. The lowest BCUT2D eigenvalue weighted by molar-refractivity contribution is 0.102. The van der Waals surface area contributed by atoms with E-state index in [9.17, 15) is 4.79 Å². The second-order valence-corrected chi connectivity index (χ2v) is 5.35. The number of H-pyrrole nitrogens is 1. The van der Waals surface area contributed by atoms with Gasteiger partial charge < -0.3 is 10.3 Å². The fourth-order valence-corrected chi connectivity index (χ4v) is 1.91. The lowest BCUT2D eigenvalue weighted by Gasteiger charge is -2.22. The first-order valence-corrected chi connectivity index (χ1v) is 6.02. The Morgan fingerprint density at radius 3 is 2.50 bits per heavy atom. The number of anilines is 1. The van der Waals surface area contributed by atoms with E-state index in [-0.39, 0.29) is 11.3 Å². The molecule has 0 atom stereocenters. The number of hydrogen-bond acceptors (Lipinski definition) is 1. The van der Waals surface area contributed by atoms with E-state index in [0.717, 1.165) is 11.3 Å². The largest absolute Gasteiger partial charge is 0.367 e. The van der Waals surface area contributed by atoms with Crippen LogP contribution in [0.25, 0.3) is 0 Å². The highest BCUT2D eigenvalue weighted by Crippen LogP contribution is 2.29. The molecule has 2 rings (SSSR count). The summed E-state index contributed by atoms with van der Waals surface area (Å²) in [4.78, 5) is 14.9. The van der Waals surface area contributed by atoms with E-state index in [1.54, 1.807) is 18.5 Å². The number of aromatic nitrogens is 1. The number of rotatable bonds is 2. The highest BCUT2D eigenvalue weighted by atomic mass is 16.1. The summed E-state index contributed by atoms with van der Waals surface area (Å²) in [6.07, 6.45) is 3.43. The van der Waals surface area contributed by atoms with Crippen molar-refractivity contribution < 1.29 is 4.79 Å². The molecular weight excluding hydrogens is 224 g/mol. The zero-order chi connectivity index (χ0) is 13.2. The predicted molar refractivity (Wildman–Crippen MR) is 73.9 cm³/mol. The number of amides is 1. The average Bonchev–Trinajstić information content (AvgIpc) is 2.81. The Balaban J connectivity index is 2.27. The van der Waals surface area contributed by atoms with Crippen molar-refractivity contribution in [1.82, 2.24) is 4.98 Å². The van der Waals surface area contributed by atoms with Crippen LogP contribution in [0.15, 0.2) is 42.7 Å². The van der Waals surface area contributed by atoms with Crippen LogP contribution in [0.4, 0.5) is 5.69 Å². The Morgan fingerprint density at radius 1 is 1.17 bits per heavy atom. The Labute approximate surface area is 107 Å². The van der Waals surface area contributed by atoms with Gasteiger partial charge in [-0.05, 0) is 23.1 Å². The molecule has 2 N–H and O–H groups in total. The van der Waals surface area contributed by atoms with Crippen molar-refractivity contribution in [3.05, 3.63) is 53.9 Å². The van der Waals surface area contributed by atoms with Crippen LogP contribution in [-0.4, -0.2) is 10.9 Å². The summed E-state index contributed by atoms with van der Waals surface area (Å²) in [6, 6.07) is 9.67. The zero-order valence-corrected chi connectivity index (χ0v) is 10.9. The van der Waals surface area contributed by atoms with E-state index >= 15 is 0 Å². The highest BCUT2D eigenvalue weighted by Gasteiger charge is 2.18. The molecule has 1 amide bonds. The van der Waals surface area contributed by atoms with Crippen molar-refractivity contribution >= 4 is 11.6 Å². The second kappa shape index (κ2) is 4.69. The molecule has 1 aromatic carbocycles. The first-order chi connectivity index (χ1) is 8.48. The Kier molecular flexibility index (Phi) is 3.24. The molecule has 0 saturated heterocycles. The van der Waals surface area contributed by atoms with Gasteiger partial charge in [0.2, 0.25) is 0 Å². The van der Waals surface area contributed by atoms with Crippen LogP contribution >= 0.6 is 0 Å². The number of aromatic amines is 1. The molecule has 0 bridgehead atoms. The van der Waals surface area contributed by atoms with Crippen LogP contribution < -0.4 is 5.32 Å². The smallest absolute Gasteiger partial charge is 0.257 e. The number of benzene rings is 1. The molecule has 0 fully saturated rings. The Bertz CT molecular complexity index is 536. The monoisotopic (exact) mass is 242 g/mol. The van der Waals surface area contributed by atoms with E-state index in [1.165, 1.54) is 0 Å². The fourth-order valence-electron chi connectivity index (χ4n) is 1.91. The van der Waals surface area contributed by atoms with Crippen molar-refractivity contribution in [2.45, 2.75) is 26.2 Å². The van der Waals surface area contributed by atoms with Crippen LogP contribution in [0.3, 0.4) is 0 Å². The van der Waals surface area contributed by atoms with Crippen LogP contribution in [0, 0.1) is 0 Å². The van der Waals surface area contributed by atoms with Gasteiger partial charge in [0.05, 0.1) is 5.56 Å². The molecule has 0 spiro atoms. The number of para-hydroxylation sites is 1. The summed E-state index contributed by atoms with van der Waals surface area (Å²) in [6.45, 7) is 6.40. The minimum atomic E-state index is -0.0899. The van der Waals surface area contributed by atoms with Gasteiger partial charge in [0, 0.05) is 18.1 Å². The first-order valence-electron chi connectivity index (χ1n) is 6.02. The van der Waals surface area contributed by atoms with Crippen molar-refractivity contribution in [3.63, 3.8) is 0 Å². The molecule has 2 aromatic rings. The van der Waals surface area contributed by atoms with Gasteiger partial charge >= 0.3 is 0 Å². The third kappa shape index (κ3) is 2.62. The number of nitrogens with one attached hydrogen (secondary N) is 2. The Hall–Kier alpha value is -2.03. The number of carbonyl (C=O) groups excluding carboxylic acids is 1. The molecule has 0 saturated carbocycles. The van der Waals surface area contributed by atoms with Gasteiger partial charge in [0.25, 0.3) is 5.91 Å². The third-order valence-corrected chi connectivity index (χ3v) is 2.84. The molecule has 3 nitrogen and oxygen atoms in total. The number of hydrogen-bond donors (Lipinski definition) is 2. The SMILES string of the molecule is CC(C)(C)c1ccccc1NC(=O)c1cc[nH]c1. The number of carbonyl (C=O) groups is 1. The van der Waals surface area contributed by atoms with Gasteiger partial charge in [-0.3, -0.25) is 4.79 Å². The van der Waals surface area contributed by atoms with Gasteiger partial charge in [0.15, 0.2) is 0 Å². The van der Waals surface area contributed by atoms with E-state index in [0.29, 0.717) is 5.56 Å². The molecule has 0 aliphatic carbocycles. The van der Waals surface area contributed by atoms with E-state index in [1.807, 2.05) is 24.3 Å². The van der Waals surface area contributed by atoms with Crippen LogP contribution in [0.5, 0.6) is 0 Å². The standard InChI is InChI=1S/C15H18N2O/c1-15(2,3)12-6-4-5-7-13(12)17-14(18)11-8-9-16-10-11/h4-10,16H,1-3H3,(H,17,18). The lowest BCUT2D eigenvalue weighted by Crippen LogP contribution is -2.18. The molecule has 0 radical (unpaired) electrons. The lowest BCUT2D eigenvalue weighted by atomic mass is 9.86. The maximum Gasteiger partial charge on any atom is 0.257 e. The molecule has 0 unspecified atom stereocenters. The molecule has 1 aromatic heterocycles. The summed E-state index contributed by atoms with van der Waals surface area (Å²) in [7, 11) is 0. The van der Waals surface area contributed by atoms with E-state index < -0.39 is 0 Å². The van der Waals surface area contributed by atoms with Gasteiger partial charge in [-0.25, -0.2) is 0 Å². The quantitative estimate of drug-likeness (QED) is 0.830. The van der Waals surface area contributed by atoms with Gasteiger partial charge in [-0.2, -0.15) is 0 Å². The van der Waals surface area contributed by atoms with Crippen LogP contribution in [-0.2, 0) is 5.41 Å². The normalized spacial score (nSPS) is 11.3. The molecular formula is C15H18N2O. The summed E-state index contributed by atoms with van der Waals surface area (Å²) in [5, 5.41) is 2.96. The second-order valence-electron chi connectivity index (χ2n) is 5.35. The molecule has 94 valence electrons. The average molecular weight is 242 g/mol. The van der Waals surface area contributed by atoms with Crippen molar-refractivity contribution in [2.24, 2.45) is 0 Å². The maximum atomic E-state index is 12.0. The third-order valence-electron chi connectivity index (χ3n) is 2.84. The maximum absolute atomic E-state index is 12.0. The van der Waals surface area contributed by atoms with Crippen LogP contribution in [0.1, 0.15) is 36.7 Å². The van der Waals surface area contributed by atoms with Crippen LogP contribution in [0.2, 0.25) is 0 Å². The molecule has 1 heterocycles. The van der Waals surface area contributed by atoms with E-state index in [4.69, 9.17) is 0 Å². The predicted octanol–water partition coefficient (Wildman–Crippen LogP) is 3.56. The van der Waals surface area contributed by atoms with Gasteiger partial charge in [-0.1, -0.05) is 39.0 Å². The van der Waals surface area contributed by atoms with Crippen molar-refractivity contribution in [1.29, 1.82) is 0 Å². The summed E-state index contributed by atoms with van der Waals surface area (Å²) in [5.41, 5.74) is 2.64. The van der Waals surface area contributed by atoms with Gasteiger partial charge in [-0.15, -0.1) is 0 Å². The minimum absolute atomic E-state index is 0.00200. The molecule has 18 heavy (non-hydrogen) atoms. The summed E-state index contributed by atoms with van der Waals surface area (Å²) >= 11 is 0. The Morgan fingerprint density at radius 2 is 1.89 bits per heavy atom. The zero-order valence-electron chi connectivity index (χ0n) is 10.9. The molecule has 0 aliphatic rings. The van der Waals surface area contributed by atoms with Crippen molar-refractivity contribution in [2.75, 3.05) is 5.32 Å². The molecule has 0 aliphatic heterocycles. The topological polar surface area (TPSA) is 44.9 Å². The highest BCUT2D eigenvalue weighted by molar-refractivity contribution is 6.04. The van der Waals surface area contributed by atoms with E-state index in [2.05, 4.69) is 31.1 Å². The van der Waals surface area contributed by atoms with Crippen molar-refractivity contribution in [3.8, 4) is 0 Å². The molecule has 3 heteroatoms.